The summed E-state index contributed by atoms with van der Waals surface area (Å²) < 4.78 is 1.19. The first kappa shape index (κ1) is 16.1. The lowest BCUT2D eigenvalue weighted by Crippen LogP contribution is -2.27. The van der Waals surface area contributed by atoms with Crippen LogP contribution in [0.5, 0.6) is 0 Å². The number of fused-ring (bicyclic) bond motifs is 1. The maximum atomic E-state index is 12.4. The molecule has 0 spiro atoms. The topological polar surface area (TPSA) is 79.5 Å². The van der Waals surface area contributed by atoms with Crippen molar-refractivity contribution in [1.29, 1.82) is 0 Å². The molecule has 3 rings (SSSR count). The Balaban J connectivity index is 2.30. The zero-order valence-corrected chi connectivity index (χ0v) is 13.4. The minimum atomic E-state index is -1.11. The predicted octanol–water partition coefficient (Wildman–Crippen LogP) is 2.89. The highest BCUT2D eigenvalue weighted by molar-refractivity contribution is 6.35. The highest BCUT2D eigenvalue weighted by Crippen LogP contribution is 2.40. The summed E-state index contributed by atoms with van der Waals surface area (Å²) in [5.74, 6) is -1.11. The fraction of sp³-hybridized carbons (Fsp3) is 0.250. The smallest absolute Gasteiger partial charge is 0.323 e. The summed E-state index contributed by atoms with van der Waals surface area (Å²) in [4.78, 5) is 23.3. The third-order valence-corrected chi connectivity index (χ3v) is 4.53. The molecule has 120 valence electrons. The number of rotatable bonds is 3. The lowest BCUT2D eigenvalue weighted by molar-refractivity contribution is -0.137. The van der Waals surface area contributed by atoms with E-state index in [0.29, 0.717) is 45.3 Å². The number of carboxylic acids is 1. The van der Waals surface area contributed by atoms with Crippen molar-refractivity contribution >= 4 is 29.2 Å². The van der Waals surface area contributed by atoms with Gasteiger partial charge in [0.2, 0.25) is 0 Å². The van der Waals surface area contributed by atoms with Crippen LogP contribution in [0, 0.1) is 0 Å². The van der Waals surface area contributed by atoms with Crippen molar-refractivity contribution in [3.05, 3.63) is 55.9 Å². The molecule has 0 radical (unpaired) electrons. The summed E-state index contributed by atoms with van der Waals surface area (Å²) in [7, 11) is 0. The molecule has 0 bridgehead atoms. The maximum Gasteiger partial charge on any atom is 0.323 e. The van der Waals surface area contributed by atoms with Gasteiger partial charge in [-0.25, -0.2) is 0 Å². The second-order valence-corrected chi connectivity index (χ2v) is 6.26. The molecule has 0 amide bonds. The molecule has 23 heavy (non-hydrogen) atoms. The van der Waals surface area contributed by atoms with Gasteiger partial charge in [-0.05, 0) is 36.6 Å². The minimum absolute atomic E-state index is 0.408. The quantitative estimate of drug-likeness (QED) is 0.888. The van der Waals surface area contributed by atoms with Gasteiger partial charge >= 0.3 is 5.97 Å². The van der Waals surface area contributed by atoms with Crippen LogP contribution in [0.4, 0.5) is 0 Å². The van der Waals surface area contributed by atoms with E-state index in [4.69, 9.17) is 28.3 Å². The summed E-state index contributed by atoms with van der Waals surface area (Å²) in [6, 6.07) is 6.20. The van der Waals surface area contributed by atoms with E-state index in [1.165, 1.54) is 10.6 Å². The monoisotopic (exact) mass is 353 g/mol. The molecule has 7 heteroatoms. The van der Waals surface area contributed by atoms with Crippen molar-refractivity contribution in [2.45, 2.75) is 25.5 Å². The van der Waals surface area contributed by atoms with E-state index in [0.717, 1.165) is 0 Å². The van der Waals surface area contributed by atoms with E-state index >= 15 is 0 Å². The Labute approximate surface area is 141 Å². The number of halogens is 2. The van der Waals surface area contributed by atoms with Crippen LogP contribution in [0.25, 0.3) is 11.1 Å². The summed E-state index contributed by atoms with van der Waals surface area (Å²) in [6.07, 6.45) is 0.102. The number of benzene rings is 1. The highest BCUT2D eigenvalue weighted by atomic mass is 35.5. The Morgan fingerprint density at radius 2 is 2.00 bits per heavy atom. The van der Waals surface area contributed by atoms with Crippen LogP contribution in [0.1, 0.15) is 23.8 Å². The Morgan fingerprint density at radius 1 is 1.26 bits per heavy atom. The molecule has 1 aromatic heterocycles. The molecule has 0 aliphatic heterocycles. The van der Waals surface area contributed by atoms with Crippen LogP contribution < -0.4 is 5.56 Å². The van der Waals surface area contributed by atoms with Crippen molar-refractivity contribution in [2.24, 2.45) is 0 Å². The second kappa shape index (κ2) is 6.00. The van der Waals surface area contributed by atoms with Gasteiger partial charge in [0.05, 0.1) is 6.10 Å². The number of hydrogen-bond acceptors (Lipinski definition) is 3. The van der Waals surface area contributed by atoms with Gasteiger partial charge in [0.25, 0.3) is 5.56 Å². The van der Waals surface area contributed by atoms with Crippen LogP contribution in [-0.4, -0.2) is 20.7 Å². The van der Waals surface area contributed by atoms with E-state index < -0.39 is 24.2 Å². The Hall–Kier alpha value is -1.82. The van der Waals surface area contributed by atoms with Crippen molar-refractivity contribution in [3.63, 3.8) is 0 Å². The molecule has 1 aliphatic carbocycles. The van der Waals surface area contributed by atoms with Gasteiger partial charge in [-0.15, -0.1) is 0 Å². The molecular weight excluding hydrogens is 341 g/mol. The number of carbonyl (C=O) groups is 1. The Kier molecular flexibility index (Phi) is 4.19. The van der Waals surface area contributed by atoms with Crippen molar-refractivity contribution in [3.8, 4) is 11.1 Å². The average molecular weight is 354 g/mol. The molecule has 2 aromatic rings. The minimum Gasteiger partial charge on any atom is -0.480 e. The highest BCUT2D eigenvalue weighted by Gasteiger charge is 2.29. The predicted molar refractivity (Wildman–Crippen MR) is 87.1 cm³/mol. The van der Waals surface area contributed by atoms with Gasteiger partial charge in [-0.2, -0.15) is 0 Å². The standard InChI is InChI=1S/C16H13Cl2NO4/c17-8-1-2-11(18)9(5-8)10-6-14(21)19(7-15(22)23)12-3-4-13(20)16(10)12/h1-2,5-6,13,20H,3-4,7H2,(H,22,23). The van der Waals surface area contributed by atoms with Crippen LogP contribution >= 0.6 is 23.2 Å². The third kappa shape index (κ3) is 2.87. The van der Waals surface area contributed by atoms with Gasteiger partial charge in [-0.1, -0.05) is 23.2 Å². The van der Waals surface area contributed by atoms with Crippen LogP contribution in [0.2, 0.25) is 10.0 Å². The molecule has 1 unspecified atom stereocenters. The van der Waals surface area contributed by atoms with E-state index in [9.17, 15) is 14.7 Å². The van der Waals surface area contributed by atoms with Gasteiger partial charge < -0.3 is 14.8 Å². The first-order valence-electron chi connectivity index (χ1n) is 7.00. The molecule has 1 aliphatic rings. The summed E-state index contributed by atoms with van der Waals surface area (Å²) in [5, 5.41) is 20.2. The molecule has 1 atom stereocenters. The van der Waals surface area contributed by atoms with E-state index in [1.54, 1.807) is 18.2 Å². The molecule has 2 N–H and O–H groups in total. The molecule has 1 aromatic carbocycles. The number of aromatic nitrogens is 1. The zero-order chi connectivity index (χ0) is 16.7. The largest absolute Gasteiger partial charge is 0.480 e. The zero-order valence-electron chi connectivity index (χ0n) is 11.9. The average Bonchev–Trinajstić information content (AvgIpc) is 2.86. The lowest BCUT2D eigenvalue weighted by Gasteiger charge is -2.17. The number of nitrogens with zero attached hydrogens (tertiary/aromatic N) is 1. The summed E-state index contributed by atoms with van der Waals surface area (Å²) in [5.41, 5.74) is 1.71. The molecule has 1 heterocycles. The van der Waals surface area contributed by atoms with E-state index in [-0.39, 0.29) is 0 Å². The summed E-state index contributed by atoms with van der Waals surface area (Å²) in [6.45, 7) is -0.433. The van der Waals surface area contributed by atoms with Crippen LogP contribution in [0.15, 0.2) is 29.1 Å². The molecular formula is C16H13Cl2NO4. The third-order valence-electron chi connectivity index (χ3n) is 3.96. The lowest BCUT2D eigenvalue weighted by atomic mass is 9.98. The van der Waals surface area contributed by atoms with E-state index in [1.807, 2.05) is 0 Å². The van der Waals surface area contributed by atoms with Gasteiger partial charge in [0.15, 0.2) is 0 Å². The van der Waals surface area contributed by atoms with E-state index in [2.05, 4.69) is 0 Å². The summed E-state index contributed by atoms with van der Waals surface area (Å²) >= 11 is 12.2. The van der Waals surface area contributed by atoms with Gasteiger partial charge in [0.1, 0.15) is 6.54 Å². The van der Waals surface area contributed by atoms with Crippen molar-refractivity contribution in [1.82, 2.24) is 4.57 Å². The number of aliphatic hydroxyl groups is 1. The fourth-order valence-electron chi connectivity index (χ4n) is 3.01. The fourth-order valence-corrected chi connectivity index (χ4v) is 3.40. The number of hydrogen-bond donors (Lipinski definition) is 2. The van der Waals surface area contributed by atoms with Gasteiger partial charge in [0, 0.05) is 32.9 Å². The first-order valence-corrected chi connectivity index (χ1v) is 7.76. The first-order chi connectivity index (χ1) is 10.9. The van der Waals surface area contributed by atoms with Crippen molar-refractivity contribution < 1.29 is 15.0 Å². The maximum absolute atomic E-state index is 12.4. The number of aliphatic hydroxyl groups excluding tert-OH is 1. The second-order valence-electron chi connectivity index (χ2n) is 5.42. The molecule has 0 fully saturated rings. The number of carboxylic acid groups (broad SMARTS) is 1. The number of pyridine rings is 1. The Bertz CT molecular complexity index is 860. The molecule has 0 saturated heterocycles. The van der Waals surface area contributed by atoms with Crippen LogP contribution in [-0.2, 0) is 17.8 Å². The van der Waals surface area contributed by atoms with Crippen LogP contribution in [0.3, 0.4) is 0 Å². The van der Waals surface area contributed by atoms with Gasteiger partial charge in [-0.3, -0.25) is 9.59 Å². The van der Waals surface area contributed by atoms with Crippen molar-refractivity contribution in [2.75, 3.05) is 0 Å². The normalized spacial score (nSPS) is 16.4. The number of aliphatic carboxylic acids is 1. The SMILES string of the molecule is O=C(O)Cn1c2c(c(-c3cc(Cl)ccc3Cl)cc1=O)C(O)CC2. The molecule has 0 saturated carbocycles. The Morgan fingerprint density at radius 3 is 2.70 bits per heavy atom. The molecule has 5 nitrogen and oxygen atoms in total.